The molecule has 0 aromatic carbocycles. The summed E-state index contributed by atoms with van der Waals surface area (Å²) in [4.78, 5) is 0. The lowest BCUT2D eigenvalue weighted by atomic mass is 9.66. The van der Waals surface area contributed by atoms with Gasteiger partial charge in [-0.3, -0.25) is 0 Å². The molecule has 0 radical (unpaired) electrons. The average molecular weight is 489 g/mol. The molecule has 2 saturated carbocycles. The van der Waals surface area contributed by atoms with Gasteiger partial charge in [0.25, 0.3) is 0 Å². The van der Waals surface area contributed by atoms with Crippen LogP contribution in [-0.2, 0) is 0 Å². The molecular weight excluding hydrogens is 420 g/mol. The fourth-order valence-electron chi connectivity index (χ4n) is 8.87. The van der Waals surface area contributed by atoms with Crippen molar-refractivity contribution in [3.63, 3.8) is 0 Å². The Hall–Kier alpha value is 0. The van der Waals surface area contributed by atoms with Crippen LogP contribution < -0.4 is 0 Å². The molecule has 2 rings (SSSR count). The van der Waals surface area contributed by atoms with Crippen LogP contribution >= 0.6 is 0 Å². The minimum Gasteiger partial charge on any atom is -0.0654 e. The van der Waals surface area contributed by atoms with E-state index in [1.165, 1.54) is 32.1 Å². The second-order valence-electron chi connectivity index (χ2n) is 15.0. The van der Waals surface area contributed by atoms with Gasteiger partial charge in [0.2, 0.25) is 0 Å². The van der Waals surface area contributed by atoms with Crippen LogP contribution in [0, 0.1) is 94.7 Å². The first-order valence-electron chi connectivity index (χ1n) is 16.3. The van der Waals surface area contributed by atoms with Crippen LogP contribution in [0.3, 0.4) is 0 Å². The van der Waals surface area contributed by atoms with Crippen LogP contribution in [-0.4, -0.2) is 0 Å². The van der Waals surface area contributed by atoms with Crippen molar-refractivity contribution in [3.8, 4) is 0 Å². The Morgan fingerprint density at radius 3 is 1.51 bits per heavy atom. The average Bonchev–Trinajstić information content (AvgIpc) is 3.67. The van der Waals surface area contributed by atoms with Gasteiger partial charge < -0.3 is 0 Å². The highest BCUT2D eigenvalue weighted by Crippen LogP contribution is 2.68. The molecule has 0 spiro atoms. The molecule has 0 saturated heterocycles. The molecule has 0 amide bonds. The molecule has 35 heavy (non-hydrogen) atoms. The molecule has 2 aliphatic rings. The summed E-state index contributed by atoms with van der Waals surface area (Å²) >= 11 is 0. The lowest BCUT2D eigenvalue weighted by Crippen LogP contribution is -2.32. The summed E-state index contributed by atoms with van der Waals surface area (Å²) in [6.45, 7) is 35.2. The molecule has 0 bridgehead atoms. The second kappa shape index (κ2) is 13.2. The Balaban J connectivity index is 1.92. The van der Waals surface area contributed by atoms with Crippen molar-refractivity contribution in [2.24, 2.45) is 94.7 Å². The summed E-state index contributed by atoms with van der Waals surface area (Å²) < 4.78 is 0. The summed E-state index contributed by atoms with van der Waals surface area (Å²) in [5.41, 5.74) is 0. The fourth-order valence-corrected chi connectivity index (χ4v) is 8.87. The highest BCUT2D eigenvalue weighted by Gasteiger charge is 2.63. The van der Waals surface area contributed by atoms with E-state index in [1.807, 2.05) is 0 Å². The molecule has 15 unspecified atom stereocenters. The van der Waals surface area contributed by atoms with Crippen LogP contribution in [0.15, 0.2) is 0 Å². The predicted molar refractivity (Wildman–Crippen MR) is 158 cm³/mol. The van der Waals surface area contributed by atoms with Gasteiger partial charge >= 0.3 is 0 Å². The molecule has 0 N–H and O–H groups in total. The highest BCUT2D eigenvalue weighted by atomic mass is 14.7. The number of rotatable bonds is 16. The molecule has 208 valence electrons. The zero-order valence-corrected chi connectivity index (χ0v) is 26.8. The first-order valence-corrected chi connectivity index (χ1v) is 16.3. The third-order valence-corrected chi connectivity index (χ3v) is 12.8. The molecule has 0 heterocycles. The Bertz CT molecular complexity index is 605. The predicted octanol–water partition coefficient (Wildman–Crippen LogP) is 11.1. The van der Waals surface area contributed by atoms with E-state index >= 15 is 0 Å². The Kier molecular flexibility index (Phi) is 11.8. The van der Waals surface area contributed by atoms with Gasteiger partial charge in [0, 0.05) is 0 Å². The molecule has 15 atom stereocenters. The van der Waals surface area contributed by atoms with Crippen molar-refractivity contribution in [2.75, 3.05) is 0 Å². The highest BCUT2D eigenvalue weighted by molar-refractivity contribution is 5.11. The maximum atomic E-state index is 2.60. The van der Waals surface area contributed by atoms with Gasteiger partial charge in [0.1, 0.15) is 0 Å². The van der Waals surface area contributed by atoms with Crippen LogP contribution in [0.4, 0.5) is 0 Å². The van der Waals surface area contributed by atoms with Crippen molar-refractivity contribution in [1.82, 2.24) is 0 Å². The molecule has 0 aromatic heterocycles. The number of hydrogen-bond donors (Lipinski definition) is 0. The normalized spacial score (nSPS) is 36.1. The van der Waals surface area contributed by atoms with Gasteiger partial charge in [0.15, 0.2) is 0 Å². The molecular formula is C35H68. The molecule has 0 nitrogen and oxygen atoms in total. The molecule has 0 aromatic rings. The summed E-state index contributed by atoms with van der Waals surface area (Å²) in [6.07, 6.45) is 7.09. The maximum Gasteiger partial charge on any atom is -0.0318 e. The quantitative estimate of drug-likeness (QED) is 0.202. The van der Waals surface area contributed by atoms with Gasteiger partial charge in [-0.05, 0) is 108 Å². The monoisotopic (exact) mass is 489 g/mol. The lowest BCUT2D eigenvalue weighted by molar-refractivity contribution is 0.0985. The van der Waals surface area contributed by atoms with Crippen molar-refractivity contribution in [3.05, 3.63) is 0 Å². The standard InChI is InChI=1S/C35H68/c1-15-17-31(18-20(3)4)33-30(14)35(33)34-29(13)32(34)19-22(6)24(8)26(10)28(12)27(11)25(9)23(7)21(5)16-2/h20-35H,15-19H2,1-14H3. The van der Waals surface area contributed by atoms with Crippen LogP contribution in [0.5, 0.6) is 0 Å². The minimum absolute atomic E-state index is 0.806. The molecule has 0 aliphatic heterocycles. The zero-order chi connectivity index (χ0) is 26.8. The van der Waals surface area contributed by atoms with Crippen molar-refractivity contribution in [1.29, 1.82) is 0 Å². The summed E-state index contributed by atoms with van der Waals surface area (Å²) in [7, 11) is 0. The van der Waals surface area contributed by atoms with Crippen molar-refractivity contribution in [2.45, 2.75) is 129 Å². The van der Waals surface area contributed by atoms with E-state index in [9.17, 15) is 0 Å². The number of hydrogen-bond acceptors (Lipinski definition) is 0. The Morgan fingerprint density at radius 1 is 0.571 bits per heavy atom. The second-order valence-corrected chi connectivity index (χ2v) is 15.0. The first kappa shape index (κ1) is 31.2. The van der Waals surface area contributed by atoms with Crippen LogP contribution in [0.2, 0.25) is 0 Å². The first-order chi connectivity index (χ1) is 16.3. The van der Waals surface area contributed by atoms with Crippen molar-refractivity contribution >= 4 is 0 Å². The lowest BCUT2D eigenvalue weighted by Gasteiger charge is -2.39. The third kappa shape index (κ3) is 7.31. The van der Waals surface area contributed by atoms with Gasteiger partial charge in [-0.25, -0.2) is 0 Å². The topological polar surface area (TPSA) is 0 Å². The van der Waals surface area contributed by atoms with E-state index < -0.39 is 0 Å². The third-order valence-electron chi connectivity index (χ3n) is 12.8. The molecule has 2 fully saturated rings. The van der Waals surface area contributed by atoms with Crippen LogP contribution in [0.25, 0.3) is 0 Å². The minimum atomic E-state index is 0.806. The van der Waals surface area contributed by atoms with Crippen LogP contribution in [0.1, 0.15) is 129 Å². The summed E-state index contributed by atoms with van der Waals surface area (Å²) in [6, 6.07) is 0. The van der Waals surface area contributed by atoms with Crippen molar-refractivity contribution < 1.29 is 0 Å². The maximum absolute atomic E-state index is 2.60. The smallest absolute Gasteiger partial charge is 0.0318 e. The Morgan fingerprint density at radius 2 is 1.06 bits per heavy atom. The molecule has 2 aliphatic carbocycles. The van der Waals surface area contributed by atoms with E-state index in [2.05, 4.69) is 96.9 Å². The van der Waals surface area contributed by atoms with Gasteiger partial charge in [-0.2, -0.15) is 0 Å². The van der Waals surface area contributed by atoms with E-state index in [1.54, 1.807) is 0 Å². The van der Waals surface area contributed by atoms with E-state index in [4.69, 9.17) is 0 Å². The van der Waals surface area contributed by atoms with E-state index in [0.717, 1.165) is 94.7 Å². The van der Waals surface area contributed by atoms with E-state index in [-0.39, 0.29) is 0 Å². The summed E-state index contributed by atoms with van der Waals surface area (Å²) in [5, 5.41) is 0. The summed E-state index contributed by atoms with van der Waals surface area (Å²) in [5.74, 6) is 14.5. The fraction of sp³-hybridized carbons (Fsp3) is 1.00. The van der Waals surface area contributed by atoms with Gasteiger partial charge in [-0.1, -0.05) is 116 Å². The molecule has 0 heteroatoms. The SMILES string of the molecule is CCCC(CC(C)C)C1C(C)C1C1C(C)C1CC(C)C(C)C(C)C(C)C(C)C(C)C(C)C(C)CC. The van der Waals surface area contributed by atoms with E-state index in [0.29, 0.717) is 0 Å². The Labute approximate surface area is 223 Å². The van der Waals surface area contributed by atoms with Gasteiger partial charge in [-0.15, -0.1) is 0 Å². The van der Waals surface area contributed by atoms with Gasteiger partial charge in [0.05, 0.1) is 0 Å². The largest absolute Gasteiger partial charge is 0.0654 e. The zero-order valence-electron chi connectivity index (χ0n) is 26.8.